The fourth-order valence-corrected chi connectivity index (χ4v) is 3.58. The van der Waals surface area contributed by atoms with Crippen LogP contribution in [0.1, 0.15) is 47.2 Å². The summed E-state index contributed by atoms with van der Waals surface area (Å²) in [6, 6.07) is 16.4. The first-order valence-corrected chi connectivity index (χ1v) is 8.86. The van der Waals surface area contributed by atoms with Crippen molar-refractivity contribution >= 4 is 24.0 Å². The van der Waals surface area contributed by atoms with E-state index in [1.165, 1.54) is 18.4 Å². The van der Waals surface area contributed by atoms with Crippen molar-refractivity contribution in [1.82, 2.24) is 4.90 Å². The van der Waals surface area contributed by atoms with Gasteiger partial charge < -0.3 is 10.6 Å². The van der Waals surface area contributed by atoms with Gasteiger partial charge in [0.25, 0.3) is 5.91 Å². The van der Waals surface area contributed by atoms with Crippen LogP contribution in [0.3, 0.4) is 0 Å². The molecule has 0 heterocycles. The Bertz CT molecular complexity index is 696. The molecule has 3 nitrogen and oxygen atoms in total. The van der Waals surface area contributed by atoms with Gasteiger partial charge in [-0.25, -0.2) is 0 Å². The van der Waals surface area contributed by atoms with E-state index in [4.69, 9.17) is 5.73 Å². The normalized spacial score (nSPS) is 14.1. The zero-order valence-electron chi connectivity index (χ0n) is 14.8. The molecule has 0 radical (unpaired) electrons. The highest BCUT2D eigenvalue weighted by Crippen LogP contribution is 2.26. The van der Waals surface area contributed by atoms with Crippen LogP contribution in [-0.4, -0.2) is 23.4 Å². The third kappa shape index (κ3) is 4.76. The molecule has 1 fully saturated rings. The molecule has 0 saturated heterocycles. The third-order valence-corrected chi connectivity index (χ3v) is 5.00. The van der Waals surface area contributed by atoms with Gasteiger partial charge in [-0.3, -0.25) is 4.79 Å². The number of nitrogen functional groups attached to an aromatic ring is 1. The summed E-state index contributed by atoms with van der Waals surface area (Å²) in [5.74, 6) is 0.127. The quantitative estimate of drug-likeness (QED) is 0.792. The Kier molecular flexibility index (Phi) is 6.89. The number of aryl methyl sites for hydroxylation is 1. The lowest BCUT2D eigenvalue weighted by atomic mass is 10.0. The molecule has 0 aromatic heterocycles. The van der Waals surface area contributed by atoms with Crippen LogP contribution >= 0.6 is 12.4 Å². The van der Waals surface area contributed by atoms with Crippen LogP contribution in [0.2, 0.25) is 0 Å². The molecule has 1 saturated carbocycles. The second kappa shape index (κ2) is 8.91. The lowest BCUT2D eigenvalue weighted by Gasteiger charge is -2.30. The van der Waals surface area contributed by atoms with Gasteiger partial charge in [-0.1, -0.05) is 49.2 Å². The molecule has 0 spiro atoms. The lowest BCUT2D eigenvalue weighted by molar-refractivity contribution is 0.0683. The Morgan fingerprint density at radius 1 is 1.12 bits per heavy atom. The van der Waals surface area contributed by atoms with Crippen molar-refractivity contribution in [1.29, 1.82) is 0 Å². The predicted octanol–water partition coefficient (Wildman–Crippen LogP) is 4.63. The average molecular weight is 359 g/mol. The molecule has 2 aromatic carbocycles. The number of hydrogen-bond acceptors (Lipinski definition) is 2. The van der Waals surface area contributed by atoms with Crippen molar-refractivity contribution in [2.24, 2.45) is 0 Å². The standard InChI is InChI=1S/C21H26N2O.ClH/c1-16-11-12-18(22)15-20(16)21(24)23(19-9-5-6-10-19)14-13-17-7-3-2-4-8-17;/h2-4,7-8,11-12,15,19H,5-6,9-10,13-14,22H2,1H3;1H. The number of amides is 1. The van der Waals surface area contributed by atoms with E-state index in [0.717, 1.165) is 36.9 Å². The summed E-state index contributed by atoms with van der Waals surface area (Å²) in [6.07, 6.45) is 5.56. The Labute approximate surface area is 156 Å². The molecule has 2 N–H and O–H groups in total. The summed E-state index contributed by atoms with van der Waals surface area (Å²) in [5, 5.41) is 0. The van der Waals surface area contributed by atoms with E-state index in [1.807, 2.05) is 31.2 Å². The number of rotatable bonds is 5. The summed E-state index contributed by atoms with van der Waals surface area (Å²) in [6.45, 7) is 2.75. The summed E-state index contributed by atoms with van der Waals surface area (Å²) >= 11 is 0. The fourth-order valence-electron chi connectivity index (χ4n) is 3.58. The number of benzene rings is 2. The first-order valence-electron chi connectivity index (χ1n) is 8.86. The smallest absolute Gasteiger partial charge is 0.254 e. The molecule has 0 atom stereocenters. The van der Waals surface area contributed by atoms with Crippen LogP contribution < -0.4 is 5.73 Å². The van der Waals surface area contributed by atoms with Crippen molar-refractivity contribution in [3.8, 4) is 0 Å². The van der Waals surface area contributed by atoms with Crippen molar-refractivity contribution in [2.45, 2.75) is 45.1 Å². The highest BCUT2D eigenvalue weighted by atomic mass is 35.5. The highest BCUT2D eigenvalue weighted by Gasteiger charge is 2.28. The number of hydrogen-bond donors (Lipinski definition) is 1. The maximum atomic E-state index is 13.2. The van der Waals surface area contributed by atoms with Crippen molar-refractivity contribution in [2.75, 3.05) is 12.3 Å². The molecule has 0 unspecified atom stereocenters. The molecule has 3 rings (SSSR count). The molecular weight excluding hydrogens is 332 g/mol. The number of carbonyl (C=O) groups excluding carboxylic acids is 1. The van der Waals surface area contributed by atoms with Gasteiger partial charge in [0.2, 0.25) is 0 Å². The Balaban J connectivity index is 0.00000225. The Morgan fingerprint density at radius 3 is 2.48 bits per heavy atom. The summed E-state index contributed by atoms with van der Waals surface area (Å²) in [5.41, 5.74) is 9.58. The van der Waals surface area contributed by atoms with Crippen LogP contribution in [0.4, 0.5) is 5.69 Å². The van der Waals surface area contributed by atoms with Gasteiger partial charge in [0.05, 0.1) is 0 Å². The number of nitrogens with zero attached hydrogens (tertiary/aromatic N) is 1. The van der Waals surface area contributed by atoms with E-state index >= 15 is 0 Å². The number of anilines is 1. The first kappa shape index (κ1) is 19.3. The van der Waals surface area contributed by atoms with Crippen molar-refractivity contribution < 1.29 is 4.79 Å². The van der Waals surface area contributed by atoms with Crippen LogP contribution in [0.5, 0.6) is 0 Å². The van der Waals surface area contributed by atoms with E-state index in [-0.39, 0.29) is 18.3 Å². The summed E-state index contributed by atoms with van der Waals surface area (Å²) in [7, 11) is 0. The zero-order chi connectivity index (χ0) is 16.9. The highest BCUT2D eigenvalue weighted by molar-refractivity contribution is 5.96. The number of nitrogens with two attached hydrogens (primary N) is 1. The van der Waals surface area contributed by atoms with Gasteiger partial charge in [0.1, 0.15) is 0 Å². The van der Waals surface area contributed by atoms with Crippen LogP contribution in [-0.2, 0) is 6.42 Å². The largest absolute Gasteiger partial charge is 0.399 e. The Morgan fingerprint density at radius 2 is 1.80 bits per heavy atom. The average Bonchev–Trinajstić information content (AvgIpc) is 3.12. The minimum atomic E-state index is 0. The van der Waals surface area contributed by atoms with E-state index in [2.05, 4.69) is 29.2 Å². The zero-order valence-corrected chi connectivity index (χ0v) is 15.6. The number of halogens is 1. The van der Waals surface area contributed by atoms with E-state index in [9.17, 15) is 4.79 Å². The van der Waals surface area contributed by atoms with Gasteiger partial charge in [-0.15, -0.1) is 12.4 Å². The molecule has 1 aliphatic rings. The minimum Gasteiger partial charge on any atom is -0.399 e. The van der Waals surface area contributed by atoms with Crippen LogP contribution in [0.25, 0.3) is 0 Å². The topological polar surface area (TPSA) is 46.3 Å². The molecule has 0 aliphatic heterocycles. The molecule has 1 amide bonds. The van der Waals surface area contributed by atoms with Crippen molar-refractivity contribution in [3.63, 3.8) is 0 Å². The first-order chi connectivity index (χ1) is 11.6. The summed E-state index contributed by atoms with van der Waals surface area (Å²) in [4.78, 5) is 15.3. The predicted molar refractivity (Wildman–Crippen MR) is 106 cm³/mol. The van der Waals surface area contributed by atoms with Gasteiger partial charge in [-0.2, -0.15) is 0 Å². The van der Waals surface area contributed by atoms with Crippen molar-refractivity contribution in [3.05, 3.63) is 65.2 Å². The lowest BCUT2D eigenvalue weighted by Crippen LogP contribution is -2.40. The molecule has 0 bridgehead atoms. The summed E-state index contributed by atoms with van der Waals surface area (Å²) < 4.78 is 0. The molecule has 25 heavy (non-hydrogen) atoms. The maximum Gasteiger partial charge on any atom is 0.254 e. The molecule has 1 aliphatic carbocycles. The van der Waals surface area contributed by atoms with Crippen LogP contribution in [0.15, 0.2) is 48.5 Å². The Hall–Kier alpha value is -2.00. The molecule has 4 heteroatoms. The van der Waals surface area contributed by atoms with E-state index in [1.54, 1.807) is 0 Å². The second-order valence-corrected chi connectivity index (χ2v) is 6.75. The van der Waals surface area contributed by atoms with E-state index < -0.39 is 0 Å². The number of carbonyl (C=O) groups is 1. The fraction of sp³-hybridized carbons (Fsp3) is 0.381. The van der Waals surface area contributed by atoms with E-state index in [0.29, 0.717) is 11.7 Å². The molecular formula is C21H27ClN2O. The minimum absolute atomic E-state index is 0. The SMILES string of the molecule is Cc1ccc(N)cc1C(=O)N(CCc1ccccc1)C1CCCC1.Cl. The molecule has 2 aromatic rings. The monoisotopic (exact) mass is 358 g/mol. The second-order valence-electron chi connectivity index (χ2n) is 6.75. The van der Waals surface area contributed by atoms with Gasteiger partial charge >= 0.3 is 0 Å². The molecule has 134 valence electrons. The third-order valence-electron chi connectivity index (χ3n) is 5.00. The van der Waals surface area contributed by atoms with Gasteiger partial charge in [0.15, 0.2) is 0 Å². The van der Waals surface area contributed by atoms with Gasteiger partial charge in [-0.05, 0) is 49.4 Å². The van der Waals surface area contributed by atoms with Gasteiger partial charge in [0, 0.05) is 23.8 Å². The van der Waals surface area contributed by atoms with Crippen LogP contribution in [0, 0.1) is 6.92 Å². The maximum absolute atomic E-state index is 13.2.